The lowest BCUT2D eigenvalue weighted by Crippen LogP contribution is -2.34. The summed E-state index contributed by atoms with van der Waals surface area (Å²) in [6.07, 6.45) is -3.20. The lowest BCUT2D eigenvalue weighted by atomic mass is 10.1. The second-order valence-electron chi connectivity index (χ2n) is 4.21. The molecular formula is C11H15N3O6. The van der Waals surface area contributed by atoms with E-state index in [-0.39, 0.29) is 23.9 Å². The van der Waals surface area contributed by atoms with E-state index in [0.717, 1.165) is 0 Å². The molecule has 0 aliphatic rings. The number of aliphatic hydroxyl groups excluding tert-OH is 5. The van der Waals surface area contributed by atoms with Gasteiger partial charge in [-0.15, -0.1) is 0 Å². The van der Waals surface area contributed by atoms with E-state index >= 15 is 0 Å². The van der Waals surface area contributed by atoms with Gasteiger partial charge >= 0.3 is 0 Å². The molecule has 0 spiro atoms. The van der Waals surface area contributed by atoms with Crippen molar-refractivity contribution in [1.29, 1.82) is 0 Å². The molecule has 0 fully saturated rings. The predicted molar refractivity (Wildman–Crippen MR) is 64.1 cm³/mol. The van der Waals surface area contributed by atoms with Crippen LogP contribution in [0.3, 0.4) is 0 Å². The van der Waals surface area contributed by atoms with Gasteiger partial charge in [0.15, 0.2) is 11.6 Å². The molecule has 0 saturated heterocycles. The molecule has 0 aromatic carbocycles. The van der Waals surface area contributed by atoms with Gasteiger partial charge in [0.2, 0.25) is 0 Å². The third-order valence-electron chi connectivity index (χ3n) is 2.78. The molecule has 2 rings (SSSR count). The number of aromatic nitrogens is 3. The minimum Gasteiger partial charge on any atom is -0.394 e. The van der Waals surface area contributed by atoms with Gasteiger partial charge in [0.1, 0.15) is 30.6 Å². The minimum atomic E-state index is -1.56. The summed E-state index contributed by atoms with van der Waals surface area (Å²) < 4.78 is 4.80. The lowest BCUT2D eigenvalue weighted by molar-refractivity contribution is -0.0788. The fraction of sp³-hybridized carbons (Fsp3) is 0.455. The second-order valence-corrected chi connectivity index (χ2v) is 4.21. The van der Waals surface area contributed by atoms with Crippen LogP contribution in [0.1, 0.15) is 17.6 Å². The molecule has 0 aliphatic carbocycles. The van der Waals surface area contributed by atoms with Gasteiger partial charge in [0.05, 0.1) is 18.5 Å². The van der Waals surface area contributed by atoms with E-state index in [4.69, 9.17) is 14.7 Å². The Bertz CT molecular complexity index is 554. The van der Waals surface area contributed by atoms with Gasteiger partial charge in [0, 0.05) is 6.07 Å². The number of hydrogen-bond donors (Lipinski definition) is 6. The van der Waals surface area contributed by atoms with E-state index in [1.807, 2.05) is 0 Å². The molecule has 0 unspecified atom stereocenters. The van der Waals surface area contributed by atoms with Crippen LogP contribution in [0, 0.1) is 0 Å². The SMILES string of the molecule is OCc1cc(-c2ncc([C@@H](O)[C@H](O)[C@H](O)CO)[nH]2)no1. The zero-order valence-electron chi connectivity index (χ0n) is 10.3. The number of imidazole rings is 1. The monoisotopic (exact) mass is 285 g/mol. The van der Waals surface area contributed by atoms with E-state index in [0.29, 0.717) is 5.69 Å². The first-order valence-electron chi connectivity index (χ1n) is 5.83. The van der Waals surface area contributed by atoms with Gasteiger partial charge in [-0.2, -0.15) is 0 Å². The van der Waals surface area contributed by atoms with Gasteiger partial charge in [-0.05, 0) is 0 Å². The van der Waals surface area contributed by atoms with E-state index in [9.17, 15) is 15.3 Å². The van der Waals surface area contributed by atoms with Gasteiger partial charge < -0.3 is 35.0 Å². The summed E-state index contributed by atoms with van der Waals surface area (Å²) in [6, 6.07) is 1.47. The first-order chi connectivity index (χ1) is 9.56. The van der Waals surface area contributed by atoms with Crippen molar-refractivity contribution in [2.75, 3.05) is 6.61 Å². The number of nitrogens with one attached hydrogen (secondary N) is 1. The molecule has 0 bridgehead atoms. The molecule has 2 heterocycles. The predicted octanol–water partition coefficient (Wildman–Crippen LogP) is -1.70. The molecule has 0 saturated carbocycles. The number of H-pyrrole nitrogens is 1. The Kier molecular flexibility index (Phi) is 4.47. The summed E-state index contributed by atoms with van der Waals surface area (Å²) in [5.74, 6) is 0.530. The first kappa shape index (κ1) is 14.6. The van der Waals surface area contributed by atoms with Crippen LogP contribution in [0.2, 0.25) is 0 Å². The maximum atomic E-state index is 9.83. The molecular weight excluding hydrogens is 270 g/mol. The van der Waals surface area contributed by atoms with Crippen LogP contribution < -0.4 is 0 Å². The molecule has 9 heteroatoms. The largest absolute Gasteiger partial charge is 0.394 e. The zero-order valence-corrected chi connectivity index (χ0v) is 10.3. The summed E-state index contributed by atoms with van der Waals surface area (Å²) in [5, 5.41) is 49.9. The summed E-state index contributed by atoms with van der Waals surface area (Å²) in [7, 11) is 0. The third-order valence-corrected chi connectivity index (χ3v) is 2.78. The van der Waals surface area contributed by atoms with E-state index < -0.39 is 24.9 Å². The average Bonchev–Trinajstić information content (AvgIpc) is 3.12. The molecule has 9 nitrogen and oxygen atoms in total. The lowest BCUT2D eigenvalue weighted by Gasteiger charge is -2.20. The Hall–Kier alpha value is -1.78. The Morgan fingerprint density at radius 1 is 1.25 bits per heavy atom. The van der Waals surface area contributed by atoms with E-state index in [2.05, 4.69) is 15.1 Å². The quantitative estimate of drug-likeness (QED) is 0.367. The fourth-order valence-corrected chi connectivity index (χ4v) is 1.62. The van der Waals surface area contributed by atoms with Crippen molar-refractivity contribution < 1.29 is 30.1 Å². The van der Waals surface area contributed by atoms with Crippen LogP contribution in [-0.2, 0) is 6.61 Å². The van der Waals surface area contributed by atoms with Crippen LogP contribution in [0.15, 0.2) is 16.8 Å². The van der Waals surface area contributed by atoms with Crippen molar-refractivity contribution in [3.8, 4) is 11.5 Å². The maximum absolute atomic E-state index is 9.83. The molecule has 3 atom stereocenters. The highest BCUT2D eigenvalue weighted by Crippen LogP contribution is 2.21. The number of aromatic amines is 1. The number of hydrogen-bond acceptors (Lipinski definition) is 8. The molecule has 0 amide bonds. The van der Waals surface area contributed by atoms with Crippen molar-refractivity contribution in [3.63, 3.8) is 0 Å². The Morgan fingerprint density at radius 3 is 2.60 bits per heavy atom. The summed E-state index contributed by atoms with van der Waals surface area (Å²) in [4.78, 5) is 6.66. The highest BCUT2D eigenvalue weighted by molar-refractivity contribution is 5.49. The number of rotatable bonds is 6. The number of nitrogens with zero attached hydrogens (tertiary/aromatic N) is 2. The fourth-order valence-electron chi connectivity index (χ4n) is 1.62. The van der Waals surface area contributed by atoms with Crippen molar-refractivity contribution in [2.24, 2.45) is 0 Å². The normalized spacial score (nSPS) is 16.1. The molecule has 110 valence electrons. The standard InChI is InChI=1S/C11H15N3O6/c15-3-5-1-6(14-20-5)11-12-2-7(13-11)9(18)10(19)8(17)4-16/h1-2,8-10,15-19H,3-4H2,(H,12,13)/t8-,9-,10-/m1/s1. The molecule has 0 aliphatic heterocycles. The van der Waals surface area contributed by atoms with Gasteiger partial charge in [-0.1, -0.05) is 5.16 Å². The second kappa shape index (κ2) is 6.11. The van der Waals surface area contributed by atoms with Crippen molar-refractivity contribution in [1.82, 2.24) is 15.1 Å². The smallest absolute Gasteiger partial charge is 0.162 e. The van der Waals surface area contributed by atoms with Crippen LogP contribution >= 0.6 is 0 Å². The van der Waals surface area contributed by atoms with Crippen molar-refractivity contribution >= 4 is 0 Å². The maximum Gasteiger partial charge on any atom is 0.162 e. The topological polar surface area (TPSA) is 156 Å². The van der Waals surface area contributed by atoms with Crippen LogP contribution in [0.4, 0.5) is 0 Å². The zero-order chi connectivity index (χ0) is 14.7. The molecule has 0 radical (unpaired) electrons. The number of aliphatic hydroxyl groups is 5. The molecule has 6 N–H and O–H groups in total. The van der Waals surface area contributed by atoms with Gasteiger partial charge in [-0.25, -0.2) is 4.98 Å². The minimum absolute atomic E-state index is 0.147. The Morgan fingerprint density at radius 2 is 2.00 bits per heavy atom. The highest BCUT2D eigenvalue weighted by Gasteiger charge is 2.27. The van der Waals surface area contributed by atoms with Gasteiger partial charge in [0.25, 0.3) is 0 Å². The van der Waals surface area contributed by atoms with Crippen molar-refractivity contribution in [2.45, 2.75) is 24.9 Å². The molecule has 2 aromatic heterocycles. The van der Waals surface area contributed by atoms with E-state index in [1.165, 1.54) is 12.3 Å². The molecule has 2 aromatic rings. The summed E-state index contributed by atoms with van der Waals surface area (Å²) in [6.45, 7) is -0.979. The Labute approximate surface area is 113 Å². The van der Waals surface area contributed by atoms with Crippen LogP contribution in [-0.4, -0.2) is 59.5 Å². The summed E-state index contributed by atoms with van der Waals surface area (Å²) >= 11 is 0. The van der Waals surface area contributed by atoms with Crippen molar-refractivity contribution in [3.05, 3.63) is 23.7 Å². The Balaban J connectivity index is 2.16. The van der Waals surface area contributed by atoms with Crippen LogP contribution in [0.25, 0.3) is 11.5 Å². The van der Waals surface area contributed by atoms with E-state index in [1.54, 1.807) is 0 Å². The molecule has 20 heavy (non-hydrogen) atoms. The van der Waals surface area contributed by atoms with Gasteiger partial charge in [-0.3, -0.25) is 0 Å². The van der Waals surface area contributed by atoms with Crippen LogP contribution in [0.5, 0.6) is 0 Å². The highest BCUT2D eigenvalue weighted by atomic mass is 16.5. The average molecular weight is 285 g/mol. The first-order valence-corrected chi connectivity index (χ1v) is 5.83. The third kappa shape index (κ3) is 2.86. The summed E-state index contributed by atoms with van der Waals surface area (Å²) in [5.41, 5.74) is 0.471.